The SMILES string of the molecule is CCCCCCCCCCCCC/C=C/[C@@H](O)[C@H](CO[C@@H]1O[C@H](CO)[C@@H](O[C@@H]2O[C@H](CO)[C@H](O)C(O)C2O)C(O)C1O)NC(=O)CCCCCCCCCCCCCCCCCCCCCCCCCCCCCCCCCCCCC. The lowest BCUT2D eigenvalue weighted by Gasteiger charge is -2.46. The highest BCUT2D eigenvalue weighted by Gasteiger charge is 2.51. The minimum Gasteiger partial charge on any atom is -0.394 e. The normalized spacial score (nSPS) is 23.9. The summed E-state index contributed by atoms with van der Waals surface area (Å²) in [5, 5.41) is 87.2. The van der Waals surface area contributed by atoms with Gasteiger partial charge in [-0.25, -0.2) is 0 Å². The van der Waals surface area contributed by atoms with E-state index in [1.807, 2.05) is 6.08 Å². The van der Waals surface area contributed by atoms with Gasteiger partial charge in [-0.15, -0.1) is 0 Å². The summed E-state index contributed by atoms with van der Waals surface area (Å²) in [5.41, 5.74) is 0. The molecule has 0 bridgehead atoms. The molecule has 2 fully saturated rings. The lowest BCUT2D eigenvalue weighted by molar-refractivity contribution is -0.359. The predicted molar refractivity (Wildman–Crippen MR) is 332 cm³/mol. The molecule has 9 N–H and O–H groups in total. The Hall–Kier alpha value is -1.27. The maximum Gasteiger partial charge on any atom is 0.220 e. The van der Waals surface area contributed by atoms with Gasteiger partial charge in [-0.05, 0) is 19.3 Å². The Morgan fingerprint density at radius 1 is 0.427 bits per heavy atom. The van der Waals surface area contributed by atoms with Crippen LogP contribution in [-0.4, -0.2) is 140 Å². The predicted octanol–water partition coefficient (Wildman–Crippen LogP) is 13.8. The highest BCUT2D eigenvalue weighted by atomic mass is 16.7. The number of allylic oxidation sites excluding steroid dienone is 1. The van der Waals surface area contributed by atoms with Crippen LogP contribution in [0.3, 0.4) is 0 Å². The molecule has 0 radical (unpaired) electrons. The zero-order chi connectivity index (χ0) is 59.5. The molecule has 2 heterocycles. The number of hydrogen-bond donors (Lipinski definition) is 9. The van der Waals surface area contributed by atoms with E-state index in [0.717, 1.165) is 38.5 Å². The first-order chi connectivity index (χ1) is 40.1. The zero-order valence-corrected chi connectivity index (χ0v) is 52.8. The molecule has 14 nitrogen and oxygen atoms in total. The van der Waals surface area contributed by atoms with E-state index in [9.17, 15) is 45.6 Å². The van der Waals surface area contributed by atoms with Crippen molar-refractivity contribution in [1.29, 1.82) is 0 Å². The Kier molecular flexibility index (Phi) is 50.5. The molecular weight excluding hydrogens is 1040 g/mol. The Bertz CT molecular complexity index is 1420. The summed E-state index contributed by atoms with van der Waals surface area (Å²) in [5.74, 6) is -0.233. The molecule has 12 atom stereocenters. The van der Waals surface area contributed by atoms with Crippen LogP contribution in [0.1, 0.15) is 322 Å². The molecule has 2 saturated heterocycles. The van der Waals surface area contributed by atoms with Crippen molar-refractivity contribution >= 4 is 5.91 Å². The summed E-state index contributed by atoms with van der Waals surface area (Å²) in [6.07, 6.45) is 48.7. The standard InChI is InChI=1S/C68H131NO13/c1-3-5-7-9-11-13-15-17-18-19-20-21-22-23-24-25-26-27-28-29-30-31-32-33-34-35-36-37-38-40-42-44-46-48-50-52-60(73)69-56(57(72)51-49-47-45-43-41-39-16-14-12-10-8-6-4-2)55-79-67-65(78)63(76)66(59(54-71)81-67)82-68-64(77)62(75)61(74)58(53-70)80-68/h49,51,56-59,61-68,70-72,74-78H,3-48,50,52-55H2,1-2H3,(H,69,73)/b51-49+/t56-,57+,58+,59+,61-,62?,63?,64?,65?,66+,67+,68-/m0/s1. The number of nitrogens with one attached hydrogen (secondary N) is 1. The summed E-state index contributed by atoms with van der Waals surface area (Å²) < 4.78 is 22.8. The van der Waals surface area contributed by atoms with E-state index in [1.165, 1.54) is 257 Å². The maximum atomic E-state index is 13.3. The van der Waals surface area contributed by atoms with Crippen molar-refractivity contribution < 1.29 is 64.6 Å². The van der Waals surface area contributed by atoms with Gasteiger partial charge in [-0.3, -0.25) is 4.79 Å². The number of carbonyl (C=O) groups excluding carboxylic acids is 1. The van der Waals surface area contributed by atoms with Crippen molar-refractivity contribution in [3.63, 3.8) is 0 Å². The first kappa shape index (κ1) is 76.8. The quantitative estimate of drug-likeness (QED) is 0.0204. The fourth-order valence-electron chi connectivity index (χ4n) is 11.9. The minimum absolute atomic E-state index is 0.233. The third-order valence-corrected chi connectivity index (χ3v) is 17.5. The van der Waals surface area contributed by atoms with Gasteiger partial charge in [0.1, 0.15) is 48.8 Å². The van der Waals surface area contributed by atoms with Crippen LogP contribution in [-0.2, 0) is 23.7 Å². The van der Waals surface area contributed by atoms with Crippen molar-refractivity contribution in [2.45, 2.75) is 396 Å². The van der Waals surface area contributed by atoms with E-state index in [4.69, 9.17) is 18.9 Å². The van der Waals surface area contributed by atoms with E-state index < -0.39 is 86.8 Å². The topological polar surface area (TPSA) is 228 Å². The van der Waals surface area contributed by atoms with Crippen LogP contribution in [0.4, 0.5) is 0 Å². The maximum absolute atomic E-state index is 13.3. The van der Waals surface area contributed by atoms with E-state index >= 15 is 0 Å². The van der Waals surface area contributed by atoms with E-state index in [-0.39, 0.29) is 18.9 Å². The summed E-state index contributed by atoms with van der Waals surface area (Å²) in [7, 11) is 0. The highest BCUT2D eigenvalue weighted by Crippen LogP contribution is 2.30. The van der Waals surface area contributed by atoms with Crippen LogP contribution in [0.5, 0.6) is 0 Å². The van der Waals surface area contributed by atoms with E-state index in [2.05, 4.69) is 19.2 Å². The van der Waals surface area contributed by atoms with E-state index in [0.29, 0.717) is 6.42 Å². The average Bonchev–Trinajstić information content (AvgIpc) is 3.67. The summed E-state index contributed by atoms with van der Waals surface area (Å²) >= 11 is 0. The zero-order valence-electron chi connectivity index (χ0n) is 52.8. The molecular formula is C68H131NO13. The number of hydrogen-bond acceptors (Lipinski definition) is 13. The number of carbonyl (C=O) groups is 1. The van der Waals surface area contributed by atoms with Gasteiger partial charge < -0.3 is 65.1 Å². The first-order valence-corrected chi connectivity index (χ1v) is 34.9. The number of aliphatic hydroxyl groups excluding tert-OH is 8. The van der Waals surface area contributed by atoms with Gasteiger partial charge in [0.2, 0.25) is 5.91 Å². The van der Waals surface area contributed by atoms with Gasteiger partial charge in [0.25, 0.3) is 0 Å². The first-order valence-electron chi connectivity index (χ1n) is 34.9. The fraction of sp³-hybridized carbons (Fsp3) is 0.956. The monoisotopic (exact) mass is 1170 g/mol. The average molecular weight is 1170 g/mol. The van der Waals surface area contributed by atoms with Crippen LogP contribution < -0.4 is 5.32 Å². The molecule has 4 unspecified atom stereocenters. The molecule has 486 valence electrons. The second-order valence-electron chi connectivity index (χ2n) is 25.0. The smallest absolute Gasteiger partial charge is 0.220 e. The van der Waals surface area contributed by atoms with Crippen molar-refractivity contribution in [2.24, 2.45) is 0 Å². The Balaban J connectivity index is 1.57. The van der Waals surface area contributed by atoms with Gasteiger partial charge >= 0.3 is 0 Å². The minimum atomic E-state index is -1.79. The third-order valence-electron chi connectivity index (χ3n) is 17.5. The number of unbranched alkanes of at least 4 members (excludes halogenated alkanes) is 45. The molecule has 1 amide bonds. The molecule has 0 saturated carbocycles. The molecule has 2 rings (SSSR count). The molecule has 2 aliphatic heterocycles. The van der Waals surface area contributed by atoms with E-state index in [1.54, 1.807) is 6.08 Å². The molecule has 2 aliphatic rings. The van der Waals surface area contributed by atoms with Crippen molar-refractivity contribution in [3.05, 3.63) is 12.2 Å². The van der Waals surface area contributed by atoms with Gasteiger partial charge in [-0.1, -0.05) is 309 Å². The van der Waals surface area contributed by atoms with Gasteiger partial charge in [0, 0.05) is 6.42 Å². The molecule has 0 aromatic heterocycles. The Morgan fingerprint density at radius 3 is 1.12 bits per heavy atom. The summed E-state index contributed by atoms with van der Waals surface area (Å²) in [4.78, 5) is 13.3. The number of ether oxygens (including phenoxy) is 4. The Labute approximate surface area is 501 Å². The van der Waals surface area contributed by atoms with Gasteiger partial charge in [0.15, 0.2) is 12.6 Å². The van der Waals surface area contributed by atoms with Gasteiger partial charge in [-0.2, -0.15) is 0 Å². The molecule has 0 aliphatic carbocycles. The number of amides is 1. The second-order valence-corrected chi connectivity index (χ2v) is 25.0. The van der Waals surface area contributed by atoms with Crippen LogP contribution in [0, 0.1) is 0 Å². The molecule has 0 aromatic carbocycles. The Morgan fingerprint density at radius 2 is 0.756 bits per heavy atom. The number of rotatable bonds is 58. The molecule has 82 heavy (non-hydrogen) atoms. The van der Waals surface area contributed by atoms with Crippen LogP contribution in [0.15, 0.2) is 12.2 Å². The van der Waals surface area contributed by atoms with Crippen molar-refractivity contribution in [2.75, 3.05) is 19.8 Å². The summed E-state index contributed by atoms with van der Waals surface area (Å²) in [6.45, 7) is 2.83. The number of aliphatic hydroxyl groups is 8. The lowest BCUT2D eigenvalue weighted by atomic mass is 9.97. The van der Waals surface area contributed by atoms with Crippen LogP contribution in [0.2, 0.25) is 0 Å². The molecule has 0 aromatic rings. The van der Waals surface area contributed by atoms with Crippen LogP contribution in [0.25, 0.3) is 0 Å². The van der Waals surface area contributed by atoms with Crippen molar-refractivity contribution in [1.82, 2.24) is 5.32 Å². The fourth-order valence-corrected chi connectivity index (χ4v) is 11.9. The van der Waals surface area contributed by atoms with Gasteiger partial charge in [0.05, 0.1) is 32.0 Å². The highest BCUT2D eigenvalue weighted by molar-refractivity contribution is 5.76. The third kappa shape index (κ3) is 38.1. The summed E-state index contributed by atoms with van der Waals surface area (Å²) in [6, 6.07) is -0.910. The molecule has 0 spiro atoms. The van der Waals surface area contributed by atoms with Crippen LogP contribution >= 0.6 is 0 Å². The van der Waals surface area contributed by atoms with Crippen molar-refractivity contribution in [3.8, 4) is 0 Å². The second kappa shape index (κ2) is 53.9. The lowest BCUT2D eigenvalue weighted by Crippen LogP contribution is -2.65. The largest absolute Gasteiger partial charge is 0.394 e. The molecule has 14 heteroatoms.